The molecular formula is C19H25F3N2O. The molecule has 1 heterocycles. The summed E-state index contributed by atoms with van der Waals surface area (Å²) >= 11 is 0. The highest BCUT2D eigenvalue weighted by Crippen LogP contribution is 2.33. The Hall–Kier alpha value is -1.56. The van der Waals surface area contributed by atoms with Gasteiger partial charge in [-0.3, -0.25) is 9.69 Å². The summed E-state index contributed by atoms with van der Waals surface area (Å²) in [5.74, 6) is 0.499. The summed E-state index contributed by atoms with van der Waals surface area (Å²) in [6, 6.07) is 6.20. The first-order valence-corrected chi connectivity index (χ1v) is 9.08. The van der Waals surface area contributed by atoms with E-state index >= 15 is 0 Å². The van der Waals surface area contributed by atoms with E-state index in [-0.39, 0.29) is 5.91 Å². The molecule has 1 N–H and O–H groups in total. The summed E-state index contributed by atoms with van der Waals surface area (Å²) in [6.45, 7) is 1.90. The monoisotopic (exact) mass is 354 g/mol. The second-order valence-electron chi connectivity index (χ2n) is 7.28. The second kappa shape index (κ2) is 7.77. The molecule has 25 heavy (non-hydrogen) atoms. The van der Waals surface area contributed by atoms with E-state index in [1.54, 1.807) is 12.1 Å². The van der Waals surface area contributed by atoms with Crippen molar-refractivity contribution < 1.29 is 18.0 Å². The van der Waals surface area contributed by atoms with Gasteiger partial charge in [-0.15, -0.1) is 0 Å². The van der Waals surface area contributed by atoms with E-state index in [0.717, 1.165) is 51.3 Å². The number of carbonyl (C=O) groups excluding carboxylic acids is 1. The summed E-state index contributed by atoms with van der Waals surface area (Å²) in [5, 5.41) is 2.99. The highest BCUT2D eigenvalue weighted by Gasteiger charge is 2.33. The number of rotatable bonds is 6. The molecule has 0 spiro atoms. The predicted molar refractivity (Wildman–Crippen MR) is 89.8 cm³/mol. The van der Waals surface area contributed by atoms with E-state index < -0.39 is 11.7 Å². The Morgan fingerprint density at radius 2 is 1.96 bits per heavy atom. The Bertz CT molecular complexity index is 599. The molecule has 1 aliphatic heterocycles. The van der Waals surface area contributed by atoms with Crippen LogP contribution in [0.25, 0.3) is 0 Å². The average molecular weight is 354 g/mol. The molecule has 0 bridgehead atoms. The van der Waals surface area contributed by atoms with Gasteiger partial charge in [0.2, 0.25) is 5.91 Å². The first kappa shape index (κ1) is 18.2. The van der Waals surface area contributed by atoms with E-state index in [9.17, 15) is 18.0 Å². The molecule has 3 rings (SSSR count). The molecule has 1 aromatic rings. The number of halogens is 3. The largest absolute Gasteiger partial charge is 0.416 e. The van der Waals surface area contributed by atoms with Gasteiger partial charge in [-0.2, -0.15) is 13.2 Å². The van der Waals surface area contributed by atoms with Crippen LogP contribution in [0, 0.1) is 5.92 Å². The third kappa shape index (κ3) is 5.46. The first-order chi connectivity index (χ1) is 11.9. The van der Waals surface area contributed by atoms with Gasteiger partial charge in [0.05, 0.1) is 5.56 Å². The van der Waals surface area contributed by atoms with Gasteiger partial charge in [-0.1, -0.05) is 18.2 Å². The lowest BCUT2D eigenvalue weighted by Crippen LogP contribution is -2.36. The van der Waals surface area contributed by atoms with Crippen LogP contribution in [-0.4, -0.2) is 29.9 Å². The number of hydrogen-bond donors (Lipinski definition) is 1. The van der Waals surface area contributed by atoms with Gasteiger partial charge in [0, 0.05) is 25.6 Å². The number of nitrogens with one attached hydrogen (secondary N) is 1. The van der Waals surface area contributed by atoms with Crippen LogP contribution in [0.4, 0.5) is 13.2 Å². The zero-order valence-corrected chi connectivity index (χ0v) is 14.3. The van der Waals surface area contributed by atoms with E-state index in [1.807, 2.05) is 0 Å². The summed E-state index contributed by atoms with van der Waals surface area (Å²) in [7, 11) is 0. The molecule has 1 atom stereocenters. The van der Waals surface area contributed by atoms with Crippen LogP contribution < -0.4 is 5.32 Å². The molecule has 1 aromatic carbocycles. The maximum absolute atomic E-state index is 13.1. The van der Waals surface area contributed by atoms with Crippen molar-refractivity contribution in [2.75, 3.05) is 13.1 Å². The molecule has 1 amide bonds. The molecule has 2 fully saturated rings. The lowest BCUT2D eigenvalue weighted by molar-refractivity contribution is -0.138. The number of hydrogen-bond acceptors (Lipinski definition) is 2. The SMILES string of the molecule is O=C(CC[C@@H]1CCCN(Cc2ccccc2C(F)(F)F)C1)NC1CC1. The van der Waals surface area contributed by atoms with Crippen molar-refractivity contribution in [3.05, 3.63) is 35.4 Å². The molecular weight excluding hydrogens is 329 g/mol. The molecule has 3 nitrogen and oxygen atoms in total. The van der Waals surface area contributed by atoms with Crippen molar-refractivity contribution >= 4 is 5.91 Å². The van der Waals surface area contributed by atoms with Crippen LogP contribution in [0.3, 0.4) is 0 Å². The fourth-order valence-electron chi connectivity index (χ4n) is 3.57. The second-order valence-corrected chi connectivity index (χ2v) is 7.28. The number of piperidine rings is 1. The highest BCUT2D eigenvalue weighted by molar-refractivity contribution is 5.76. The molecule has 1 saturated heterocycles. The van der Waals surface area contributed by atoms with Crippen LogP contribution in [0.2, 0.25) is 0 Å². The van der Waals surface area contributed by atoms with Crippen LogP contribution in [-0.2, 0) is 17.5 Å². The first-order valence-electron chi connectivity index (χ1n) is 9.08. The number of alkyl halides is 3. The van der Waals surface area contributed by atoms with E-state index in [4.69, 9.17) is 0 Å². The van der Waals surface area contributed by atoms with Gasteiger partial charge < -0.3 is 5.32 Å². The van der Waals surface area contributed by atoms with Crippen LogP contribution in [0.15, 0.2) is 24.3 Å². The molecule has 1 saturated carbocycles. The molecule has 2 aliphatic rings. The lowest BCUT2D eigenvalue weighted by atomic mass is 9.92. The third-order valence-electron chi connectivity index (χ3n) is 5.04. The van der Waals surface area contributed by atoms with Gasteiger partial charge >= 0.3 is 6.18 Å². The Morgan fingerprint density at radius 3 is 2.68 bits per heavy atom. The number of likely N-dealkylation sites (tertiary alicyclic amines) is 1. The Labute approximate surface area is 146 Å². The zero-order chi connectivity index (χ0) is 17.9. The summed E-state index contributed by atoms with van der Waals surface area (Å²) in [6.07, 6.45) is 1.22. The Kier molecular flexibility index (Phi) is 5.67. The van der Waals surface area contributed by atoms with E-state index in [2.05, 4.69) is 10.2 Å². The van der Waals surface area contributed by atoms with Gasteiger partial charge in [0.15, 0.2) is 0 Å². The number of nitrogens with zero attached hydrogens (tertiary/aromatic N) is 1. The van der Waals surface area contributed by atoms with Gasteiger partial charge in [-0.25, -0.2) is 0 Å². The summed E-state index contributed by atoms with van der Waals surface area (Å²) in [5.41, 5.74) is -0.205. The summed E-state index contributed by atoms with van der Waals surface area (Å²) < 4.78 is 39.4. The number of carbonyl (C=O) groups is 1. The topological polar surface area (TPSA) is 32.3 Å². The lowest BCUT2D eigenvalue weighted by Gasteiger charge is -2.33. The van der Waals surface area contributed by atoms with E-state index in [1.165, 1.54) is 6.07 Å². The van der Waals surface area contributed by atoms with Crippen LogP contribution >= 0.6 is 0 Å². The molecule has 1 aliphatic carbocycles. The standard InChI is InChI=1S/C19H25F3N2O/c20-19(21,22)17-6-2-1-5-15(17)13-24-11-3-4-14(12-24)7-10-18(25)23-16-8-9-16/h1-2,5-6,14,16H,3-4,7-13H2,(H,23,25)/t14-/m0/s1. The van der Waals surface area contributed by atoms with Crippen LogP contribution in [0.5, 0.6) is 0 Å². The predicted octanol–water partition coefficient (Wildman–Crippen LogP) is 3.98. The molecule has 138 valence electrons. The molecule has 6 heteroatoms. The fourth-order valence-corrected chi connectivity index (χ4v) is 3.57. The van der Waals surface area contributed by atoms with Crippen molar-refractivity contribution in [3.8, 4) is 0 Å². The maximum Gasteiger partial charge on any atom is 0.416 e. The molecule has 0 unspecified atom stereocenters. The Balaban J connectivity index is 1.52. The van der Waals surface area contributed by atoms with Crippen LogP contribution in [0.1, 0.15) is 49.7 Å². The summed E-state index contributed by atoms with van der Waals surface area (Å²) in [4.78, 5) is 13.9. The minimum Gasteiger partial charge on any atom is -0.353 e. The van der Waals surface area contributed by atoms with Gasteiger partial charge in [0.25, 0.3) is 0 Å². The Morgan fingerprint density at radius 1 is 1.20 bits per heavy atom. The number of benzene rings is 1. The van der Waals surface area contributed by atoms with Crippen molar-refractivity contribution in [3.63, 3.8) is 0 Å². The maximum atomic E-state index is 13.1. The molecule has 0 aromatic heterocycles. The van der Waals surface area contributed by atoms with Crippen molar-refractivity contribution in [2.24, 2.45) is 5.92 Å². The van der Waals surface area contributed by atoms with Gasteiger partial charge in [0.1, 0.15) is 0 Å². The van der Waals surface area contributed by atoms with Crippen molar-refractivity contribution in [2.45, 2.75) is 57.3 Å². The van der Waals surface area contributed by atoms with Gasteiger partial charge in [-0.05, 0) is 56.2 Å². The number of amides is 1. The highest BCUT2D eigenvalue weighted by atomic mass is 19.4. The smallest absolute Gasteiger partial charge is 0.353 e. The zero-order valence-electron chi connectivity index (χ0n) is 14.3. The average Bonchev–Trinajstić information content (AvgIpc) is 3.37. The molecule has 0 radical (unpaired) electrons. The van der Waals surface area contributed by atoms with Crippen molar-refractivity contribution in [1.82, 2.24) is 10.2 Å². The van der Waals surface area contributed by atoms with Crippen molar-refractivity contribution in [1.29, 1.82) is 0 Å². The fraction of sp³-hybridized carbons (Fsp3) is 0.632. The normalized spacial score (nSPS) is 22.0. The third-order valence-corrected chi connectivity index (χ3v) is 5.04. The quantitative estimate of drug-likeness (QED) is 0.838. The van der Waals surface area contributed by atoms with E-state index in [0.29, 0.717) is 30.5 Å². The minimum atomic E-state index is -4.31. The minimum absolute atomic E-state index is 0.113.